The van der Waals surface area contributed by atoms with Crippen molar-refractivity contribution in [3.8, 4) is 0 Å². The minimum atomic E-state index is -3.92. The van der Waals surface area contributed by atoms with Crippen LogP contribution in [0.5, 0.6) is 0 Å². The van der Waals surface area contributed by atoms with E-state index in [1.165, 1.54) is 29.7 Å². The standard InChI is InChI=1S/C25H31N3O4S/c1-5-6-7-8-13-26-25(30)21-16-27-22-12-11-19(15-20(22)24(21)29)33(31,32)28(4)23-14-17(2)9-10-18(23)3/h9-12,14-16H,5-8,13H2,1-4H3,(H,26,30)(H,27,29). The summed E-state index contributed by atoms with van der Waals surface area (Å²) in [5.41, 5.74) is 2.27. The molecule has 2 aromatic carbocycles. The van der Waals surface area contributed by atoms with Gasteiger partial charge in [-0.1, -0.05) is 38.3 Å². The second-order valence-electron chi connectivity index (χ2n) is 8.32. The Balaban J connectivity index is 1.94. The first-order chi connectivity index (χ1) is 15.7. The number of fused-ring (bicyclic) bond motifs is 1. The Kier molecular flexibility index (Phi) is 7.58. The number of rotatable bonds is 9. The number of aryl methyl sites for hydroxylation is 2. The van der Waals surface area contributed by atoms with Crippen molar-refractivity contribution >= 4 is 32.5 Å². The molecule has 0 spiro atoms. The van der Waals surface area contributed by atoms with E-state index in [2.05, 4.69) is 17.2 Å². The Morgan fingerprint density at radius 1 is 1.06 bits per heavy atom. The average Bonchev–Trinajstić information content (AvgIpc) is 2.80. The van der Waals surface area contributed by atoms with Crippen LogP contribution < -0.4 is 15.1 Å². The number of pyridine rings is 1. The van der Waals surface area contributed by atoms with Crippen LogP contribution in [0.25, 0.3) is 10.9 Å². The van der Waals surface area contributed by atoms with Gasteiger partial charge in [0.15, 0.2) is 0 Å². The van der Waals surface area contributed by atoms with E-state index in [4.69, 9.17) is 0 Å². The summed E-state index contributed by atoms with van der Waals surface area (Å²) >= 11 is 0. The zero-order chi connectivity index (χ0) is 24.2. The van der Waals surface area contributed by atoms with Crippen molar-refractivity contribution in [2.45, 2.75) is 51.3 Å². The zero-order valence-corrected chi connectivity index (χ0v) is 20.4. The van der Waals surface area contributed by atoms with Crippen molar-refractivity contribution < 1.29 is 13.2 Å². The number of anilines is 1. The summed E-state index contributed by atoms with van der Waals surface area (Å²) < 4.78 is 27.9. The van der Waals surface area contributed by atoms with E-state index in [1.54, 1.807) is 6.07 Å². The molecule has 0 atom stereocenters. The smallest absolute Gasteiger partial charge is 0.264 e. The van der Waals surface area contributed by atoms with E-state index in [1.807, 2.05) is 32.0 Å². The number of H-pyrrole nitrogens is 1. The molecule has 33 heavy (non-hydrogen) atoms. The first kappa shape index (κ1) is 24.5. The van der Waals surface area contributed by atoms with Crippen LogP contribution in [-0.2, 0) is 10.0 Å². The van der Waals surface area contributed by atoms with Gasteiger partial charge in [-0.05, 0) is 55.7 Å². The summed E-state index contributed by atoms with van der Waals surface area (Å²) in [6, 6.07) is 9.95. The number of aromatic nitrogens is 1. The molecule has 0 bridgehead atoms. The number of hydrogen-bond donors (Lipinski definition) is 2. The topological polar surface area (TPSA) is 99.3 Å². The third-order valence-electron chi connectivity index (χ3n) is 5.78. The maximum Gasteiger partial charge on any atom is 0.264 e. The monoisotopic (exact) mass is 469 g/mol. The quantitative estimate of drug-likeness (QED) is 0.457. The van der Waals surface area contributed by atoms with Gasteiger partial charge in [-0.15, -0.1) is 0 Å². The fraction of sp³-hybridized carbons (Fsp3) is 0.360. The van der Waals surface area contributed by atoms with Crippen LogP contribution in [0.4, 0.5) is 5.69 Å². The number of nitrogens with one attached hydrogen (secondary N) is 2. The Morgan fingerprint density at radius 2 is 1.82 bits per heavy atom. The van der Waals surface area contributed by atoms with Crippen molar-refractivity contribution in [1.29, 1.82) is 0 Å². The van der Waals surface area contributed by atoms with Crippen LogP contribution in [-0.4, -0.2) is 32.9 Å². The molecule has 0 saturated carbocycles. The molecule has 3 aromatic rings. The molecule has 1 amide bonds. The summed E-state index contributed by atoms with van der Waals surface area (Å²) in [7, 11) is -2.42. The number of nitrogens with zero attached hydrogens (tertiary/aromatic N) is 1. The summed E-state index contributed by atoms with van der Waals surface area (Å²) in [5, 5.41) is 2.93. The van der Waals surface area contributed by atoms with Gasteiger partial charge in [0, 0.05) is 30.7 Å². The maximum atomic E-state index is 13.3. The molecule has 1 aromatic heterocycles. The van der Waals surface area contributed by atoms with E-state index in [9.17, 15) is 18.0 Å². The van der Waals surface area contributed by atoms with Crippen molar-refractivity contribution in [3.63, 3.8) is 0 Å². The Hall–Kier alpha value is -3.13. The summed E-state index contributed by atoms with van der Waals surface area (Å²) in [6.45, 7) is 6.35. The van der Waals surface area contributed by atoms with Crippen LogP contribution in [0.2, 0.25) is 0 Å². The van der Waals surface area contributed by atoms with Gasteiger partial charge in [-0.25, -0.2) is 8.42 Å². The number of carbonyl (C=O) groups is 1. The second-order valence-corrected chi connectivity index (χ2v) is 10.3. The van der Waals surface area contributed by atoms with Crippen molar-refractivity contribution in [3.05, 3.63) is 69.5 Å². The number of hydrogen-bond acceptors (Lipinski definition) is 4. The largest absolute Gasteiger partial charge is 0.360 e. The molecular formula is C25H31N3O4S. The summed E-state index contributed by atoms with van der Waals surface area (Å²) in [4.78, 5) is 28.5. The summed E-state index contributed by atoms with van der Waals surface area (Å²) in [6.07, 6.45) is 5.43. The van der Waals surface area contributed by atoms with Crippen LogP contribution in [0, 0.1) is 13.8 Å². The normalized spacial score (nSPS) is 11.5. The van der Waals surface area contributed by atoms with Crippen molar-refractivity contribution in [2.75, 3.05) is 17.9 Å². The van der Waals surface area contributed by atoms with E-state index in [0.717, 1.165) is 36.8 Å². The van der Waals surface area contributed by atoms with Crippen LogP contribution >= 0.6 is 0 Å². The highest BCUT2D eigenvalue weighted by atomic mass is 32.2. The Bertz CT molecular complexity index is 1330. The number of benzene rings is 2. The number of amides is 1. The fourth-order valence-corrected chi connectivity index (χ4v) is 5.00. The lowest BCUT2D eigenvalue weighted by Gasteiger charge is -2.22. The average molecular weight is 470 g/mol. The van der Waals surface area contributed by atoms with Gasteiger partial charge in [-0.2, -0.15) is 0 Å². The molecule has 8 heteroatoms. The minimum absolute atomic E-state index is 0.0129. The molecule has 0 aliphatic rings. The molecule has 0 fully saturated rings. The predicted octanol–water partition coefficient (Wildman–Crippen LogP) is 4.28. The Labute approximate surface area is 194 Å². The minimum Gasteiger partial charge on any atom is -0.360 e. The third-order valence-corrected chi connectivity index (χ3v) is 7.54. The lowest BCUT2D eigenvalue weighted by Crippen LogP contribution is -2.30. The summed E-state index contributed by atoms with van der Waals surface area (Å²) in [5.74, 6) is -0.463. The SMILES string of the molecule is CCCCCCNC(=O)c1c[nH]c2ccc(S(=O)(=O)N(C)c3cc(C)ccc3C)cc2c1=O. The maximum absolute atomic E-state index is 13.3. The molecule has 0 aliphatic heterocycles. The number of aromatic amines is 1. The molecule has 7 nitrogen and oxygen atoms in total. The molecule has 176 valence electrons. The van der Waals surface area contributed by atoms with E-state index in [0.29, 0.717) is 17.7 Å². The molecule has 0 radical (unpaired) electrons. The lowest BCUT2D eigenvalue weighted by atomic mass is 10.1. The zero-order valence-electron chi connectivity index (χ0n) is 19.6. The first-order valence-electron chi connectivity index (χ1n) is 11.2. The van der Waals surface area contributed by atoms with Gasteiger partial charge in [0.2, 0.25) is 5.43 Å². The predicted molar refractivity (Wildman–Crippen MR) is 133 cm³/mol. The molecule has 0 aliphatic carbocycles. The molecule has 0 saturated heterocycles. The van der Waals surface area contributed by atoms with Crippen LogP contribution in [0.15, 0.2) is 52.3 Å². The Morgan fingerprint density at radius 3 is 2.55 bits per heavy atom. The number of sulfonamides is 1. The van der Waals surface area contributed by atoms with Crippen molar-refractivity contribution in [1.82, 2.24) is 10.3 Å². The van der Waals surface area contributed by atoms with Gasteiger partial charge in [-0.3, -0.25) is 13.9 Å². The highest BCUT2D eigenvalue weighted by molar-refractivity contribution is 7.92. The highest BCUT2D eigenvalue weighted by Gasteiger charge is 2.24. The van der Waals surface area contributed by atoms with Gasteiger partial charge < -0.3 is 10.3 Å². The third kappa shape index (κ3) is 5.27. The van der Waals surface area contributed by atoms with Crippen molar-refractivity contribution in [2.24, 2.45) is 0 Å². The van der Waals surface area contributed by atoms with E-state index < -0.39 is 21.4 Å². The molecule has 1 heterocycles. The van der Waals surface area contributed by atoms with E-state index in [-0.39, 0.29) is 15.8 Å². The fourth-order valence-electron chi connectivity index (χ4n) is 3.72. The first-order valence-corrected chi connectivity index (χ1v) is 12.6. The highest BCUT2D eigenvalue weighted by Crippen LogP contribution is 2.27. The van der Waals surface area contributed by atoms with Gasteiger partial charge in [0.1, 0.15) is 5.56 Å². The number of unbranched alkanes of at least 4 members (excludes halogenated alkanes) is 3. The van der Waals surface area contributed by atoms with Gasteiger partial charge in [0.25, 0.3) is 15.9 Å². The molecule has 3 rings (SSSR count). The lowest BCUT2D eigenvalue weighted by molar-refractivity contribution is 0.0951. The van der Waals surface area contributed by atoms with Crippen LogP contribution in [0.1, 0.15) is 54.1 Å². The van der Waals surface area contributed by atoms with E-state index >= 15 is 0 Å². The second kappa shape index (κ2) is 10.2. The molecular weight excluding hydrogens is 438 g/mol. The molecule has 0 unspecified atom stereocenters. The van der Waals surface area contributed by atoms with Gasteiger partial charge in [0.05, 0.1) is 10.6 Å². The molecule has 2 N–H and O–H groups in total. The van der Waals surface area contributed by atoms with Crippen LogP contribution in [0.3, 0.4) is 0 Å². The van der Waals surface area contributed by atoms with Gasteiger partial charge >= 0.3 is 0 Å². The number of carbonyl (C=O) groups excluding carboxylic acids is 1.